The number of benzene rings is 2. The van der Waals surface area contributed by atoms with Crippen LogP contribution in [0.25, 0.3) is 5.69 Å². The van der Waals surface area contributed by atoms with Gasteiger partial charge in [-0.05, 0) is 29.8 Å². The fourth-order valence-electron chi connectivity index (χ4n) is 1.82. The van der Waals surface area contributed by atoms with Crippen molar-refractivity contribution < 1.29 is 9.84 Å². The van der Waals surface area contributed by atoms with Gasteiger partial charge in [-0.25, -0.2) is 4.68 Å². The molecule has 0 radical (unpaired) electrons. The van der Waals surface area contributed by atoms with Crippen molar-refractivity contribution in [2.75, 3.05) is 0 Å². The van der Waals surface area contributed by atoms with Gasteiger partial charge in [-0.15, -0.1) is 5.10 Å². The quantitative estimate of drug-likeness (QED) is 0.804. The van der Waals surface area contributed by atoms with Crippen LogP contribution in [0, 0.1) is 0 Å². The van der Waals surface area contributed by atoms with Gasteiger partial charge in [0.15, 0.2) is 0 Å². The van der Waals surface area contributed by atoms with Crippen molar-refractivity contribution in [2.45, 2.75) is 6.61 Å². The summed E-state index contributed by atoms with van der Waals surface area (Å²) in [6.45, 7) is -0.111. The Kier molecular flexibility index (Phi) is 3.85. The first-order chi connectivity index (χ1) is 10.3. The van der Waals surface area contributed by atoms with E-state index < -0.39 is 0 Å². The molecule has 1 aromatic heterocycles. The smallest absolute Gasteiger partial charge is 0.341 e. The van der Waals surface area contributed by atoms with Crippen LogP contribution in [0.1, 0.15) is 5.56 Å². The average Bonchev–Trinajstić information content (AvgIpc) is 2.97. The Morgan fingerprint density at radius 2 is 1.95 bits per heavy atom. The first-order valence-electron chi connectivity index (χ1n) is 6.30. The van der Waals surface area contributed by atoms with Gasteiger partial charge in [0.2, 0.25) is 0 Å². The summed E-state index contributed by atoms with van der Waals surface area (Å²) in [5, 5.41) is 13.8. The van der Waals surface area contributed by atoms with Crippen molar-refractivity contribution in [3.8, 4) is 17.4 Å². The Labute approximate surface area is 126 Å². The van der Waals surface area contributed by atoms with Crippen molar-refractivity contribution in [2.24, 2.45) is 0 Å². The molecule has 6 heteroatoms. The topological polar surface area (TPSA) is 60.2 Å². The van der Waals surface area contributed by atoms with Gasteiger partial charge >= 0.3 is 6.01 Å². The highest BCUT2D eigenvalue weighted by Gasteiger charge is 2.07. The van der Waals surface area contributed by atoms with Gasteiger partial charge in [-0.3, -0.25) is 0 Å². The number of para-hydroxylation sites is 1. The van der Waals surface area contributed by atoms with Gasteiger partial charge in [0.1, 0.15) is 12.1 Å². The molecule has 3 aromatic rings. The Morgan fingerprint density at radius 1 is 1.14 bits per heavy atom. The highest BCUT2D eigenvalue weighted by Crippen LogP contribution is 2.25. The normalized spacial score (nSPS) is 10.6. The lowest BCUT2D eigenvalue weighted by Crippen LogP contribution is -1.94. The maximum Gasteiger partial charge on any atom is 0.341 e. The summed E-state index contributed by atoms with van der Waals surface area (Å²) >= 11 is 6.01. The third-order valence-corrected chi connectivity index (χ3v) is 3.25. The van der Waals surface area contributed by atoms with E-state index in [4.69, 9.17) is 21.4 Å². The molecule has 0 saturated carbocycles. The molecule has 0 unspecified atom stereocenters. The summed E-state index contributed by atoms with van der Waals surface area (Å²) in [6.07, 6.45) is 1.58. The number of hydrogen-bond acceptors (Lipinski definition) is 4. The molecule has 3 rings (SSSR count). The lowest BCUT2D eigenvalue weighted by molar-refractivity contribution is 0.282. The molecule has 21 heavy (non-hydrogen) atoms. The minimum absolute atomic E-state index is 0.111. The summed E-state index contributed by atoms with van der Waals surface area (Å²) in [6, 6.07) is 14.9. The predicted molar refractivity (Wildman–Crippen MR) is 78.8 cm³/mol. The third-order valence-electron chi connectivity index (χ3n) is 2.90. The van der Waals surface area contributed by atoms with Gasteiger partial charge in [0.05, 0.1) is 12.3 Å². The van der Waals surface area contributed by atoms with Crippen LogP contribution in [0.3, 0.4) is 0 Å². The largest absolute Gasteiger partial charge is 0.423 e. The van der Waals surface area contributed by atoms with Crippen molar-refractivity contribution in [1.29, 1.82) is 0 Å². The van der Waals surface area contributed by atoms with E-state index in [1.807, 2.05) is 30.3 Å². The van der Waals surface area contributed by atoms with E-state index in [1.165, 1.54) is 0 Å². The van der Waals surface area contributed by atoms with Crippen LogP contribution in [-0.4, -0.2) is 19.9 Å². The van der Waals surface area contributed by atoms with Crippen LogP contribution in [-0.2, 0) is 6.61 Å². The molecule has 0 aliphatic rings. The minimum atomic E-state index is -0.111. The summed E-state index contributed by atoms with van der Waals surface area (Å²) in [7, 11) is 0. The molecule has 0 aliphatic heterocycles. The van der Waals surface area contributed by atoms with E-state index in [9.17, 15) is 0 Å². The van der Waals surface area contributed by atoms with Crippen molar-refractivity contribution in [3.05, 3.63) is 65.4 Å². The number of aromatic nitrogens is 3. The highest BCUT2D eigenvalue weighted by molar-refractivity contribution is 6.31. The standard InChI is InChI=1S/C15H12ClN3O2/c16-14-8-13(7-6-11(14)9-20)21-15-17-10-19(18-15)12-4-2-1-3-5-12/h1-8,10,20H,9H2. The summed E-state index contributed by atoms with van der Waals surface area (Å²) in [4.78, 5) is 4.10. The van der Waals surface area contributed by atoms with E-state index in [0.29, 0.717) is 16.3 Å². The van der Waals surface area contributed by atoms with E-state index in [-0.39, 0.29) is 12.6 Å². The zero-order valence-electron chi connectivity index (χ0n) is 11.0. The van der Waals surface area contributed by atoms with Gasteiger partial charge in [-0.1, -0.05) is 35.9 Å². The zero-order valence-corrected chi connectivity index (χ0v) is 11.7. The number of aliphatic hydroxyl groups is 1. The molecule has 1 N–H and O–H groups in total. The van der Waals surface area contributed by atoms with Crippen LogP contribution < -0.4 is 4.74 Å². The average molecular weight is 302 g/mol. The highest BCUT2D eigenvalue weighted by atomic mass is 35.5. The van der Waals surface area contributed by atoms with E-state index in [2.05, 4.69) is 10.1 Å². The van der Waals surface area contributed by atoms with Gasteiger partial charge in [0.25, 0.3) is 0 Å². The summed E-state index contributed by atoms with van der Waals surface area (Å²) < 4.78 is 7.18. The molecule has 2 aromatic carbocycles. The third kappa shape index (κ3) is 3.04. The maximum atomic E-state index is 9.08. The molecule has 0 atom stereocenters. The molecular formula is C15H12ClN3O2. The van der Waals surface area contributed by atoms with Gasteiger partial charge in [0, 0.05) is 5.02 Å². The van der Waals surface area contributed by atoms with Crippen molar-refractivity contribution >= 4 is 11.6 Å². The predicted octanol–water partition coefficient (Wildman–Crippen LogP) is 3.21. The molecule has 0 saturated heterocycles. The molecule has 0 aliphatic carbocycles. The minimum Gasteiger partial charge on any atom is -0.423 e. The number of nitrogens with zero attached hydrogens (tertiary/aromatic N) is 3. The summed E-state index contributed by atoms with van der Waals surface area (Å²) in [5.74, 6) is 0.517. The van der Waals surface area contributed by atoms with E-state index in [1.54, 1.807) is 29.2 Å². The van der Waals surface area contributed by atoms with E-state index in [0.717, 1.165) is 5.69 Å². The van der Waals surface area contributed by atoms with Gasteiger partial charge < -0.3 is 9.84 Å². The Morgan fingerprint density at radius 3 is 2.67 bits per heavy atom. The Bertz CT molecular complexity index is 744. The van der Waals surface area contributed by atoms with Crippen LogP contribution >= 0.6 is 11.6 Å². The SMILES string of the molecule is OCc1ccc(Oc2ncn(-c3ccccc3)n2)cc1Cl. The number of halogens is 1. The first-order valence-corrected chi connectivity index (χ1v) is 6.68. The number of ether oxygens (including phenoxy) is 1. The zero-order chi connectivity index (χ0) is 14.7. The number of aliphatic hydroxyl groups excluding tert-OH is 1. The monoisotopic (exact) mass is 301 g/mol. The fourth-order valence-corrected chi connectivity index (χ4v) is 2.06. The summed E-state index contributed by atoms with van der Waals surface area (Å²) in [5.41, 5.74) is 1.54. The van der Waals surface area contributed by atoms with Crippen LogP contribution in [0.2, 0.25) is 5.02 Å². The number of hydrogen-bond donors (Lipinski definition) is 1. The molecule has 0 bridgehead atoms. The van der Waals surface area contributed by atoms with Crippen molar-refractivity contribution in [1.82, 2.24) is 14.8 Å². The Balaban J connectivity index is 1.80. The van der Waals surface area contributed by atoms with Crippen LogP contribution in [0.5, 0.6) is 11.8 Å². The fraction of sp³-hybridized carbons (Fsp3) is 0.0667. The number of rotatable bonds is 4. The molecule has 0 amide bonds. The maximum absolute atomic E-state index is 9.08. The molecule has 5 nitrogen and oxygen atoms in total. The molecule has 1 heterocycles. The molecule has 106 valence electrons. The van der Waals surface area contributed by atoms with E-state index >= 15 is 0 Å². The van der Waals surface area contributed by atoms with Crippen molar-refractivity contribution in [3.63, 3.8) is 0 Å². The lowest BCUT2D eigenvalue weighted by atomic mass is 10.2. The first kappa shape index (κ1) is 13.6. The van der Waals surface area contributed by atoms with Crippen LogP contribution in [0.4, 0.5) is 0 Å². The molecule has 0 fully saturated rings. The molecular weight excluding hydrogens is 290 g/mol. The van der Waals surface area contributed by atoms with Crippen LogP contribution in [0.15, 0.2) is 54.9 Å². The second kappa shape index (κ2) is 5.95. The van der Waals surface area contributed by atoms with Gasteiger partial charge in [-0.2, -0.15) is 4.98 Å². The second-order valence-corrected chi connectivity index (χ2v) is 4.73. The molecule has 0 spiro atoms. The second-order valence-electron chi connectivity index (χ2n) is 4.32. The Hall–Kier alpha value is -2.37. The lowest BCUT2D eigenvalue weighted by Gasteiger charge is -2.04.